The maximum atomic E-state index is 10.3. The Labute approximate surface area is 127 Å². The predicted octanol–water partition coefficient (Wildman–Crippen LogP) is 0.469. The molecule has 1 saturated heterocycles. The topological polar surface area (TPSA) is 70.5 Å². The van der Waals surface area contributed by atoms with Crippen molar-refractivity contribution in [1.82, 2.24) is 19.6 Å². The summed E-state index contributed by atoms with van der Waals surface area (Å²) in [6, 6.07) is 0.593. The molecular weight excluding hydrogens is 266 g/mol. The first-order chi connectivity index (χ1) is 9.92. The van der Waals surface area contributed by atoms with Crippen LogP contribution >= 0.6 is 0 Å². The van der Waals surface area contributed by atoms with Crippen molar-refractivity contribution in [3.05, 3.63) is 11.4 Å². The highest BCUT2D eigenvalue weighted by molar-refractivity contribution is 5.46. The minimum Gasteiger partial charge on any atom is -0.396 e. The number of rotatable bonds is 5. The third kappa shape index (κ3) is 3.75. The highest BCUT2D eigenvalue weighted by Crippen LogP contribution is 2.16. The molecule has 0 saturated carbocycles. The van der Waals surface area contributed by atoms with Crippen molar-refractivity contribution in [3.8, 4) is 0 Å². The van der Waals surface area contributed by atoms with Crippen molar-refractivity contribution < 1.29 is 5.11 Å². The Bertz CT molecular complexity index is 473. The number of hydrogen-bond donors (Lipinski definition) is 2. The van der Waals surface area contributed by atoms with Crippen LogP contribution in [0.15, 0.2) is 0 Å². The van der Waals surface area contributed by atoms with Crippen LogP contribution in [-0.2, 0) is 6.54 Å². The molecule has 0 radical (unpaired) electrons. The van der Waals surface area contributed by atoms with Crippen molar-refractivity contribution in [2.24, 2.45) is 0 Å². The number of nitrogens with zero attached hydrogens (tertiary/aromatic N) is 4. The fourth-order valence-electron chi connectivity index (χ4n) is 3.06. The highest BCUT2D eigenvalue weighted by Gasteiger charge is 2.24. The molecule has 0 aromatic carbocycles. The summed E-state index contributed by atoms with van der Waals surface area (Å²) in [6.45, 7) is 10.4. The predicted molar refractivity (Wildman–Crippen MR) is 85.3 cm³/mol. The van der Waals surface area contributed by atoms with Gasteiger partial charge in [-0.05, 0) is 27.3 Å². The molecule has 1 aliphatic heterocycles. The van der Waals surface area contributed by atoms with E-state index >= 15 is 0 Å². The van der Waals surface area contributed by atoms with Gasteiger partial charge >= 0.3 is 0 Å². The lowest BCUT2D eigenvalue weighted by molar-refractivity contribution is 0.0430. The van der Waals surface area contributed by atoms with Crippen molar-refractivity contribution >= 4 is 5.69 Å². The number of nitrogen functional groups attached to an aromatic ring is 1. The molecule has 6 heteroatoms. The van der Waals surface area contributed by atoms with Gasteiger partial charge in [-0.25, -0.2) is 0 Å². The SMILES string of the molecule is CCC1CN(CC(O)Cn2nc(C)c(N)c2C)CCN1C. The van der Waals surface area contributed by atoms with Crippen molar-refractivity contribution in [2.75, 3.05) is 39.0 Å². The molecular formula is C15H29N5O. The lowest BCUT2D eigenvalue weighted by Crippen LogP contribution is -2.53. The van der Waals surface area contributed by atoms with Crippen LogP contribution in [0, 0.1) is 13.8 Å². The Hall–Kier alpha value is -1.11. The van der Waals surface area contributed by atoms with Gasteiger partial charge in [-0.1, -0.05) is 6.92 Å². The van der Waals surface area contributed by atoms with Crippen LogP contribution < -0.4 is 5.73 Å². The first-order valence-corrected chi connectivity index (χ1v) is 7.82. The van der Waals surface area contributed by atoms with Gasteiger partial charge in [0.2, 0.25) is 0 Å². The van der Waals surface area contributed by atoms with Crippen LogP contribution in [0.2, 0.25) is 0 Å². The van der Waals surface area contributed by atoms with E-state index in [1.54, 1.807) is 0 Å². The number of aliphatic hydroxyl groups excluding tert-OH is 1. The van der Waals surface area contributed by atoms with Crippen LogP contribution in [0.5, 0.6) is 0 Å². The van der Waals surface area contributed by atoms with Crippen molar-refractivity contribution in [1.29, 1.82) is 0 Å². The normalized spacial score (nSPS) is 22.6. The highest BCUT2D eigenvalue weighted by atomic mass is 16.3. The van der Waals surface area contributed by atoms with Crippen LogP contribution in [0.25, 0.3) is 0 Å². The average molecular weight is 295 g/mol. The maximum Gasteiger partial charge on any atom is 0.0862 e. The third-order valence-corrected chi connectivity index (χ3v) is 4.62. The maximum absolute atomic E-state index is 10.3. The molecule has 2 rings (SSSR count). The van der Waals surface area contributed by atoms with Gasteiger partial charge in [0, 0.05) is 32.2 Å². The Kier molecular flexibility index (Phi) is 5.24. The number of hydrogen-bond acceptors (Lipinski definition) is 5. The monoisotopic (exact) mass is 295 g/mol. The molecule has 1 aromatic heterocycles. The molecule has 0 aliphatic carbocycles. The summed E-state index contributed by atoms with van der Waals surface area (Å²) in [6.07, 6.45) is 0.736. The van der Waals surface area contributed by atoms with Gasteiger partial charge < -0.3 is 15.7 Å². The summed E-state index contributed by atoms with van der Waals surface area (Å²) in [4.78, 5) is 4.76. The number of piperazine rings is 1. The molecule has 0 bridgehead atoms. The van der Waals surface area contributed by atoms with Gasteiger partial charge in [-0.15, -0.1) is 0 Å². The Balaban J connectivity index is 1.89. The number of likely N-dealkylation sites (N-methyl/N-ethyl adjacent to an activating group) is 1. The van der Waals surface area contributed by atoms with Gasteiger partial charge in [0.05, 0.1) is 29.7 Å². The first-order valence-electron chi connectivity index (χ1n) is 7.82. The standard InChI is InChI=1S/C15H29N5O/c1-5-13-8-19(7-6-18(13)4)9-14(21)10-20-12(3)15(16)11(2)17-20/h13-14,21H,5-10,16H2,1-4H3. The number of anilines is 1. The second-order valence-corrected chi connectivity index (χ2v) is 6.22. The molecule has 21 heavy (non-hydrogen) atoms. The molecule has 3 N–H and O–H groups in total. The zero-order chi connectivity index (χ0) is 15.6. The largest absolute Gasteiger partial charge is 0.396 e. The Morgan fingerprint density at radius 3 is 2.62 bits per heavy atom. The minimum absolute atomic E-state index is 0.414. The summed E-state index contributed by atoms with van der Waals surface area (Å²) < 4.78 is 1.82. The number of nitrogens with two attached hydrogens (primary N) is 1. The number of β-amino-alcohol motifs (C(OH)–C–C–N with tert-alkyl or cyclic N) is 1. The van der Waals surface area contributed by atoms with Gasteiger partial charge in [0.1, 0.15) is 0 Å². The molecule has 2 atom stereocenters. The molecule has 0 amide bonds. The molecule has 0 spiro atoms. The molecule has 1 aromatic rings. The van der Waals surface area contributed by atoms with Gasteiger partial charge in [0.15, 0.2) is 0 Å². The molecule has 2 unspecified atom stereocenters. The third-order valence-electron chi connectivity index (χ3n) is 4.62. The fourth-order valence-corrected chi connectivity index (χ4v) is 3.06. The van der Waals surface area contributed by atoms with E-state index in [2.05, 4.69) is 28.9 Å². The second kappa shape index (κ2) is 6.77. The number of aliphatic hydroxyl groups is 1. The van der Waals surface area contributed by atoms with Crippen LogP contribution in [0.1, 0.15) is 24.7 Å². The Morgan fingerprint density at radius 2 is 2.05 bits per heavy atom. The van der Waals surface area contributed by atoms with E-state index in [0.717, 1.165) is 43.1 Å². The number of aryl methyl sites for hydroxylation is 1. The summed E-state index contributed by atoms with van der Waals surface area (Å²) in [5, 5.41) is 14.7. The van der Waals surface area contributed by atoms with Gasteiger partial charge in [-0.2, -0.15) is 5.10 Å². The summed E-state index contributed by atoms with van der Waals surface area (Å²) in [7, 11) is 2.18. The zero-order valence-corrected chi connectivity index (χ0v) is 13.7. The van der Waals surface area contributed by atoms with E-state index in [1.165, 1.54) is 0 Å². The zero-order valence-electron chi connectivity index (χ0n) is 13.7. The van der Waals surface area contributed by atoms with Crippen LogP contribution in [0.3, 0.4) is 0 Å². The van der Waals surface area contributed by atoms with Gasteiger partial charge in [0.25, 0.3) is 0 Å². The lowest BCUT2D eigenvalue weighted by Gasteiger charge is -2.39. The van der Waals surface area contributed by atoms with E-state index in [1.807, 2.05) is 18.5 Å². The molecule has 2 heterocycles. The van der Waals surface area contributed by atoms with E-state index in [0.29, 0.717) is 19.1 Å². The fraction of sp³-hybridized carbons (Fsp3) is 0.800. The first kappa shape index (κ1) is 16.3. The lowest BCUT2D eigenvalue weighted by atomic mass is 10.1. The van der Waals surface area contributed by atoms with Crippen molar-refractivity contribution in [2.45, 2.75) is 45.9 Å². The van der Waals surface area contributed by atoms with Crippen LogP contribution in [0.4, 0.5) is 5.69 Å². The minimum atomic E-state index is -0.414. The molecule has 1 fully saturated rings. The van der Waals surface area contributed by atoms with Crippen molar-refractivity contribution in [3.63, 3.8) is 0 Å². The average Bonchev–Trinajstić information content (AvgIpc) is 2.68. The Morgan fingerprint density at radius 1 is 1.33 bits per heavy atom. The number of aromatic nitrogens is 2. The summed E-state index contributed by atoms with van der Waals surface area (Å²) in [5.74, 6) is 0. The van der Waals surface area contributed by atoms with E-state index in [-0.39, 0.29) is 0 Å². The van der Waals surface area contributed by atoms with Crippen LogP contribution in [-0.4, -0.2) is 70.1 Å². The second-order valence-electron chi connectivity index (χ2n) is 6.22. The van der Waals surface area contributed by atoms with Gasteiger partial charge in [-0.3, -0.25) is 9.58 Å². The molecule has 120 valence electrons. The smallest absolute Gasteiger partial charge is 0.0862 e. The quantitative estimate of drug-likeness (QED) is 0.826. The van der Waals surface area contributed by atoms with E-state index in [9.17, 15) is 5.11 Å². The molecule has 1 aliphatic rings. The van der Waals surface area contributed by atoms with E-state index < -0.39 is 6.10 Å². The molecule has 6 nitrogen and oxygen atoms in total. The summed E-state index contributed by atoms with van der Waals surface area (Å²) in [5.41, 5.74) is 8.44. The summed E-state index contributed by atoms with van der Waals surface area (Å²) >= 11 is 0. The van der Waals surface area contributed by atoms with E-state index in [4.69, 9.17) is 5.73 Å².